The first-order valence-electron chi connectivity index (χ1n) is 7.39. The van der Waals surface area contributed by atoms with E-state index >= 15 is 0 Å². The van der Waals surface area contributed by atoms with Crippen LogP contribution in [0.2, 0.25) is 0 Å². The lowest BCUT2D eigenvalue weighted by Gasteiger charge is -2.19. The Hall–Kier alpha value is -0.800. The molecule has 2 aliphatic carbocycles. The Morgan fingerprint density at radius 1 is 1.33 bits per heavy atom. The first-order chi connectivity index (χ1) is 8.85. The van der Waals surface area contributed by atoms with E-state index in [9.17, 15) is 0 Å². The Morgan fingerprint density at radius 2 is 2.17 bits per heavy atom. The molecule has 18 heavy (non-hydrogen) atoms. The lowest BCUT2D eigenvalue weighted by molar-refractivity contribution is 0.234. The van der Waals surface area contributed by atoms with Gasteiger partial charge in [-0.25, -0.2) is 0 Å². The summed E-state index contributed by atoms with van der Waals surface area (Å²) in [6.07, 6.45) is 8.58. The lowest BCUT2D eigenvalue weighted by atomic mass is 10.3. The van der Waals surface area contributed by atoms with E-state index in [1.807, 2.05) is 6.26 Å². The van der Waals surface area contributed by atoms with Crippen LogP contribution in [0.3, 0.4) is 0 Å². The minimum absolute atomic E-state index is 0.770. The first-order valence-corrected chi connectivity index (χ1v) is 7.39. The van der Waals surface area contributed by atoms with Crippen LogP contribution in [-0.4, -0.2) is 23.5 Å². The van der Waals surface area contributed by atoms with Gasteiger partial charge in [-0.1, -0.05) is 6.92 Å². The largest absolute Gasteiger partial charge is 0.468 e. The first kappa shape index (κ1) is 12.2. The fourth-order valence-electron chi connectivity index (χ4n) is 2.47. The van der Waals surface area contributed by atoms with E-state index in [0.29, 0.717) is 0 Å². The number of furan rings is 1. The average molecular weight is 248 g/mol. The van der Waals surface area contributed by atoms with Crippen molar-refractivity contribution < 1.29 is 4.42 Å². The second-order valence-corrected chi connectivity index (χ2v) is 5.78. The van der Waals surface area contributed by atoms with Crippen molar-refractivity contribution >= 4 is 0 Å². The van der Waals surface area contributed by atoms with Gasteiger partial charge in [0.05, 0.1) is 12.8 Å². The molecule has 3 heteroatoms. The van der Waals surface area contributed by atoms with E-state index in [1.165, 1.54) is 44.2 Å². The summed E-state index contributed by atoms with van der Waals surface area (Å²) in [5.74, 6) is 1.13. The zero-order valence-electron chi connectivity index (χ0n) is 11.3. The van der Waals surface area contributed by atoms with Gasteiger partial charge in [0.25, 0.3) is 0 Å². The number of hydrogen-bond acceptors (Lipinski definition) is 3. The Bertz CT molecular complexity index is 380. The van der Waals surface area contributed by atoms with Crippen molar-refractivity contribution in [2.75, 3.05) is 6.54 Å². The molecule has 1 aromatic rings. The molecular weight excluding hydrogens is 224 g/mol. The zero-order chi connectivity index (χ0) is 12.4. The Balaban J connectivity index is 1.50. The van der Waals surface area contributed by atoms with Crippen LogP contribution in [-0.2, 0) is 13.1 Å². The molecule has 2 aliphatic rings. The van der Waals surface area contributed by atoms with Gasteiger partial charge in [0.15, 0.2) is 0 Å². The third kappa shape index (κ3) is 3.36. The molecule has 0 aromatic carbocycles. The van der Waals surface area contributed by atoms with Crippen LogP contribution in [0.1, 0.15) is 50.4 Å². The monoisotopic (exact) mass is 248 g/mol. The molecule has 0 atom stereocenters. The van der Waals surface area contributed by atoms with Crippen LogP contribution in [0.25, 0.3) is 0 Å². The number of nitrogens with one attached hydrogen (secondary N) is 1. The van der Waals surface area contributed by atoms with Crippen molar-refractivity contribution in [1.82, 2.24) is 10.2 Å². The highest BCUT2D eigenvalue weighted by atomic mass is 16.3. The fraction of sp³-hybridized carbons (Fsp3) is 0.733. The zero-order valence-corrected chi connectivity index (χ0v) is 11.3. The molecule has 100 valence electrons. The summed E-state index contributed by atoms with van der Waals surface area (Å²) in [6.45, 7) is 5.40. The van der Waals surface area contributed by atoms with Gasteiger partial charge in [0, 0.05) is 24.2 Å². The van der Waals surface area contributed by atoms with Crippen LogP contribution < -0.4 is 5.32 Å². The van der Waals surface area contributed by atoms with Gasteiger partial charge in [0.1, 0.15) is 5.76 Å². The van der Waals surface area contributed by atoms with Crippen molar-refractivity contribution in [3.63, 3.8) is 0 Å². The highest BCUT2D eigenvalue weighted by molar-refractivity contribution is 5.13. The fourth-order valence-corrected chi connectivity index (χ4v) is 2.47. The minimum atomic E-state index is 0.770. The molecule has 1 N–H and O–H groups in total. The van der Waals surface area contributed by atoms with Crippen molar-refractivity contribution in [3.05, 3.63) is 23.7 Å². The summed E-state index contributed by atoms with van der Waals surface area (Å²) >= 11 is 0. The topological polar surface area (TPSA) is 28.4 Å². The maximum absolute atomic E-state index is 5.69. The van der Waals surface area contributed by atoms with Crippen LogP contribution in [0.4, 0.5) is 0 Å². The normalized spacial score (nSPS) is 19.7. The number of nitrogens with zero attached hydrogens (tertiary/aromatic N) is 1. The van der Waals surface area contributed by atoms with Gasteiger partial charge in [-0.05, 0) is 44.7 Å². The molecule has 2 saturated carbocycles. The van der Waals surface area contributed by atoms with Crippen molar-refractivity contribution in [3.8, 4) is 0 Å². The summed E-state index contributed by atoms with van der Waals surface area (Å²) in [4.78, 5) is 2.57. The molecule has 0 amide bonds. The molecule has 0 radical (unpaired) electrons. The summed E-state index contributed by atoms with van der Waals surface area (Å²) in [7, 11) is 0. The highest BCUT2D eigenvalue weighted by Crippen LogP contribution is 2.28. The maximum Gasteiger partial charge on any atom is 0.118 e. The quantitative estimate of drug-likeness (QED) is 0.767. The van der Waals surface area contributed by atoms with Gasteiger partial charge in [0.2, 0.25) is 0 Å². The smallest absolute Gasteiger partial charge is 0.118 e. The highest BCUT2D eigenvalue weighted by Gasteiger charge is 2.28. The molecule has 0 saturated heterocycles. The van der Waals surface area contributed by atoms with Gasteiger partial charge in [-0.2, -0.15) is 0 Å². The van der Waals surface area contributed by atoms with E-state index in [-0.39, 0.29) is 0 Å². The number of rotatable bonds is 8. The van der Waals surface area contributed by atoms with E-state index < -0.39 is 0 Å². The van der Waals surface area contributed by atoms with Gasteiger partial charge < -0.3 is 9.73 Å². The van der Waals surface area contributed by atoms with Crippen LogP contribution in [0.15, 0.2) is 16.7 Å². The molecule has 3 rings (SSSR count). The molecule has 0 aliphatic heterocycles. The van der Waals surface area contributed by atoms with Crippen molar-refractivity contribution in [2.24, 2.45) is 0 Å². The van der Waals surface area contributed by atoms with Crippen LogP contribution >= 0.6 is 0 Å². The summed E-state index contributed by atoms with van der Waals surface area (Å²) in [5, 5.41) is 3.53. The molecule has 1 aromatic heterocycles. The average Bonchev–Trinajstić information content (AvgIpc) is 3.27. The maximum atomic E-state index is 5.69. The summed E-state index contributed by atoms with van der Waals surface area (Å²) < 4.78 is 5.69. The summed E-state index contributed by atoms with van der Waals surface area (Å²) in [6, 6.07) is 3.81. The molecule has 0 bridgehead atoms. The molecule has 2 fully saturated rings. The van der Waals surface area contributed by atoms with E-state index in [4.69, 9.17) is 4.42 Å². The Labute approximate surface area is 110 Å². The van der Waals surface area contributed by atoms with Crippen molar-refractivity contribution in [1.29, 1.82) is 0 Å². The van der Waals surface area contributed by atoms with E-state index in [1.54, 1.807) is 0 Å². The second-order valence-electron chi connectivity index (χ2n) is 5.78. The predicted octanol–water partition coefficient (Wildman–Crippen LogP) is 2.91. The molecule has 3 nitrogen and oxygen atoms in total. The van der Waals surface area contributed by atoms with E-state index in [2.05, 4.69) is 23.2 Å². The number of hydrogen-bond donors (Lipinski definition) is 1. The minimum Gasteiger partial charge on any atom is -0.468 e. The van der Waals surface area contributed by atoms with Gasteiger partial charge in [-0.15, -0.1) is 0 Å². The Morgan fingerprint density at radius 3 is 2.83 bits per heavy atom. The third-order valence-electron chi connectivity index (χ3n) is 3.81. The van der Waals surface area contributed by atoms with Gasteiger partial charge >= 0.3 is 0 Å². The predicted molar refractivity (Wildman–Crippen MR) is 72.3 cm³/mol. The van der Waals surface area contributed by atoms with Crippen molar-refractivity contribution in [2.45, 2.75) is 64.2 Å². The molecule has 0 unspecified atom stereocenters. The summed E-state index contributed by atoms with van der Waals surface area (Å²) in [5.41, 5.74) is 1.30. The molecular formula is C15H24N2O. The lowest BCUT2D eigenvalue weighted by Crippen LogP contribution is -2.26. The Kier molecular flexibility index (Phi) is 3.71. The van der Waals surface area contributed by atoms with Crippen LogP contribution in [0, 0.1) is 0 Å². The molecule has 0 spiro atoms. The SMILES string of the molecule is CCCN(Cc1cc(CNC2CC2)co1)C1CC1. The van der Waals surface area contributed by atoms with E-state index in [0.717, 1.165) is 30.9 Å². The second kappa shape index (κ2) is 5.45. The third-order valence-corrected chi connectivity index (χ3v) is 3.81. The van der Waals surface area contributed by atoms with Crippen LogP contribution in [0.5, 0.6) is 0 Å². The standard InChI is InChI=1S/C15H24N2O/c1-2-7-17(14-5-6-14)10-15-8-12(11-18-15)9-16-13-3-4-13/h8,11,13-14,16H,2-7,9-10H2,1H3. The van der Waals surface area contributed by atoms with Gasteiger partial charge in [-0.3, -0.25) is 4.90 Å². The molecule has 1 heterocycles.